The van der Waals surface area contributed by atoms with Crippen molar-refractivity contribution >= 4 is 5.97 Å². The Balaban J connectivity index is 2.41. The van der Waals surface area contributed by atoms with Crippen LogP contribution in [0.5, 0.6) is 5.75 Å². The standard InChI is InChI=1S/C14H17FO4/c1-18-8-9-3-4-10(13(19-2)12(9)15)14(5-6-14)7-11(16)17/h3-4H,5-8H2,1-2H3,(H,16,17). The number of carboxylic acid groups (broad SMARTS) is 1. The molecule has 0 saturated heterocycles. The molecule has 1 fully saturated rings. The highest BCUT2D eigenvalue weighted by Crippen LogP contribution is 2.54. The Hall–Kier alpha value is -1.62. The minimum absolute atomic E-state index is 0.00637. The average molecular weight is 268 g/mol. The van der Waals surface area contributed by atoms with Crippen molar-refractivity contribution in [1.82, 2.24) is 0 Å². The van der Waals surface area contributed by atoms with E-state index in [1.54, 1.807) is 12.1 Å². The second kappa shape index (κ2) is 5.17. The summed E-state index contributed by atoms with van der Waals surface area (Å²) < 4.78 is 24.3. The predicted molar refractivity (Wildman–Crippen MR) is 66.8 cm³/mol. The predicted octanol–water partition coefficient (Wildman–Crippen LogP) is 2.49. The molecule has 1 aliphatic rings. The smallest absolute Gasteiger partial charge is 0.304 e. The Kier molecular flexibility index (Phi) is 3.75. The van der Waals surface area contributed by atoms with E-state index in [4.69, 9.17) is 14.6 Å². The number of carbonyl (C=O) groups is 1. The third-order valence-electron chi connectivity index (χ3n) is 3.60. The first-order valence-electron chi connectivity index (χ1n) is 6.10. The van der Waals surface area contributed by atoms with Gasteiger partial charge in [0.05, 0.1) is 20.1 Å². The Labute approximate surface area is 111 Å². The Bertz CT molecular complexity index is 494. The molecule has 1 aromatic rings. The van der Waals surface area contributed by atoms with Gasteiger partial charge in [-0.1, -0.05) is 12.1 Å². The third-order valence-corrected chi connectivity index (χ3v) is 3.60. The average Bonchev–Trinajstić information content (AvgIpc) is 3.11. The van der Waals surface area contributed by atoms with Gasteiger partial charge in [-0.3, -0.25) is 4.79 Å². The van der Waals surface area contributed by atoms with Crippen molar-refractivity contribution < 1.29 is 23.8 Å². The summed E-state index contributed by atoms with van der Waals surface area (Å²) in [4.78, 5) is 10.9. The lowest BCUT2D eigenvalue weighted by Gasteiger charge is -2.19. The summed E-state index contributed by atoms with van der Waals surface area (Å²) in [6, 6.07) is 3.39. The molecular weight excluding hydrogens is 251 g/mol. The van der Waals surface area contributed by atoms with Crippen molar-refractivity contribution in [1.29, 1.82) is 0 Å². The summed E-state index contributed by atoms with van der Waals surface area (Å²) in [5.74, 6) is -1.19. The van der Waals surface area contributed by atoms with Crippen LogP contribution in [-0.4, -0.2) is 25.3 Å². The molecule has 4 nitrogen and oxygen atoms in total. The lowest BCUT2D eigenvalue weighted by atomic mass is 9.90. The number of benzene rings is 1. The molecular formula is C14H17FO4. The number of halogens is 1. The maximum atomic E-state index is 14.3. The normalized spacial score (nSPS) is 16.2. The highest BCUT2D eigenvalue weighted by atomic mass is 19.1. The van der Waals surface area contributed by atoms with Crippen LogP contribution in [0.15, 0.2) is 12.1 Å². The topological polar surface area (TPSA) is 55.8 Å². The van der Waals surface area contributed by atoms with Gasteiger partial charge in [-0.05, 0) is 12.8 Å². The summed E-state index contributed by atoms with van der Waals surface area (Å²) in [5.41, 5.74) is 0.591. The van der Waals surface area contributed by atoms with E-state index in [2.05, 4.69) is 0 Å². The molecule has 0 aromatic heterocycles. The van der Waals surface area contributed by atoms with Crippen molar-refractivity contribution in [2.24, 2.45) is 0 Å². The number of ether oxygens (including phenoxy) is 2. The highest BCUT2D eigenvalue weighted by Gasteiger charge is 2.48. The molecule has 1 aliphatic carbocycles. The van der Waals surface area contributed by atoms with Crippen LogP contribution in [0, 0.1) is 5.82 Å². The second-order valence-corrected chi connectivity index (χ2v) is 4.90. The molecule has 1 aromatic carbocycles. The van der Waals surface area contributed by atoms with Crippen LogP contribution in [0.1, 0.15) is 30.4 Å². The Morgan fingerprint density at radius 2 is 2.11 bits per heavy atom. The van der Waals surface area contributed by atoms with Crippen LogP contribution in [0.4, 0.5) is 4.39 Å². The van der Waals surface area contributed by atoms with Gasteiger partial charge < -0.3 is 14.6 Å². The molecule has 2 rings (SSSR count). The maximum absolute atomic E-state index is 14.3. The maximum Gasteiger partial charge on any atom is 0.304 e. The van der Waals surface area contributed by atoms with E-state index in [0.29, 0.717) is 11.1 Å². The van der Waals surface area contributed by atoms with Crippen LogP contribution in [0.25, 0.3) is 0 Å². The summed E-state index contributed by atoms with van der Waals surface area (Å²) >= 11 is 0. The fraction of sp³-hybridized carbons (Fsp3) is 0.500. The van der Waals surface area contributed by atoms with Gasteiger partial charge in [0.1, 0.15) is 0 Å². The van der Waals surface area contributed by atoms with Crippen LogP contribution >= 0.6 is 0 Å². The zero-order valence-electron chi connectivity index (χ0n) is 11.0. The Morgan fingerprint density at radius 1 is 1.42 bits per heavy atom. The number of methoxy groups -OCH3 is 2. The van der Waals surface area contributed by atoms with Gasteiger partial charge in [0.25, 0.3) is 0 Å². The molecule has 0 unspecified atom stereocenters. The van der Waals surface area contributed by atoms with Crippen molar-refractivity contribution in [2.75, 3.05) is 14.2 Å². The first-order valence-corrected chi connectivity index (χ1v) is 6.10. The number of carboxylic acids is 1. The SMILES string of the molecule is COCc1ccc(C2(CC(=O)O)CC2)c(OC)c1F. The van der Waals surface area contributed by atoms with E-state index < -0.39 is 17.2 Å². The molecule has 1 N–H and O–H groups in total. The van der Waals surface area contributed by atoms with Crippen LogP contribution < -0.4 is 4.74 Å². The molecule has 104 valence electrons. The lowest BCUT2D eigenvalue weighted by molar-refractivity contribution is -0.137. The van der Waals surface area contributed by atoms with Crippen LogP contribution in [-0.2, 0) is 21.6 Å². The van der Waals surface area contributed by atoms with Crippen LogP contribution in [0.3, 0.4) is 0 Å². The molecule has 0 amide bonds. The zero-order chi connectivity index (χ0) is 14.0. The van der Waals surface area contributed by atoms with E-state index in [1.165, 1.54) is 14.2 Å². The van der Waals surface area contributed by atoms with Crippen molar-refractivity contribution in [2.45, 2.75) is 31.3 Å². The van der Waals surface area contributed by atoms with Gasteiger partial charge in [0.2, 0.25) is 0 Å². The highest BCUT2D eigenvalue weighted by molar-refractivity contribution is 5.70. The molecule has 1 saturated carbocycles. The summed E-state index contributed by atoms with van der Waals surface area (Å²) in [6.45, 7) is 0.161. The van der Waals surface area contributed by atoms with Gasteiger partial charge >= 0.3 is 5.97 Å². The van der Waals surface area contributed by atoms with Crippen molar-refractivity contribution in [3.8, 4) is 5.75 Å². The first kappa shape index (κ1) is 13.8. The quantitative estimate of drug-likeness (QED) is 0.861. The molecule has 5 heteroatoms. The van der Waals surface area contributed by atoms with Gasteiger partial charge in [-0.25, -0.2) is 4.39 Å². The third kappa shape index (κ3) is 2.56. The molecule has 0 atom stereocenters. The van der Waals surface area contributed by atoms with Crippen molar-refractivity contribution in [3.63, 3.8) is 0 Å². The monoisotopic (exact) mass is 268 g/mol. The summed E-state index contributed by atoms with van der Waals surface area (Å²) in [5, 5.41) is 8.97. The fourth-order valence-electron chi connectivity index (χ4n) is 2.46. The number of aliphatic carboxylic acids is 1. The minimum Gasteiger partial charge on any atom is -0.493 e. The summed E-state index contributed by atoms with van der Waals surface area (Å²) in [6.07, 6.45) is 1.50. The van der Waals surface area contributed by atoms with E-state index in [0.717, 1.165) is 12.8 Å². The van der Waals surface area contributed by atoms with E-state index in [1.807, 2.05) is 0 Å². The fourth-order valence-corrected chi connectivity index (χ4v) is 2.46. The molecule has 0 bridgehead atoms. The molecule has 0 heterocycles. The molecule has 0 aliphatic heterocycles. The largest absolute Gasteiger partial charge is 0.493 e. The van der Waals surface area contributed by atoms with E-state index >= 15 is 0 Å². The molecule has 0 spiro atoms. The van der Waals surface area contributed by atoms with Crippen LogP contribution in [0.2, 0.25) is 0 Å². The Morgan fingerprint density at radius 3 is 2.58 bits per heavy atom. The van der Waals surface area contributed by atoms with Crippen molar-refractivity contribution in [3.05, 3.63) is 29.1 Å². The first-order chi connectivity index (χ1) is 9.04. The second-order valence-electron chi connectivity index (χ2n) is 4.90. The van der Waals surface area contributed by atoms with E-state index in [9.17, 15) is 9.18 Å². The molecule has 19 heavy (non-hydrogen) atoms. The zero-order valence-corrected chi connectivity index (χ0v) is 11.0. The summed E-state index contributed by atoms with van der Waals surface area (Å²) in [7, 11) is 2.89. The van der Waals surface area contributed by atoms with Gasteiger partial charge in [-0.2, -0.15) is 0 Å². The number of hydrogen-bond acceptors (Lipinski definition) is 3. The van der Waals surface area contributed by atoms with E-state index in [-0.39, 0.29) is 18.8 Å². The lowest BCUT2D eigenvalue weighted by Crippen LogP contribution is -2.15. The minimum atomic E-state index is -0.874. The number of rotatable bonds is 6. The van der Waals surface area contributed by atoms with Gasteiger partial charge in [0, 0.05) is 23.7 Å². The van der Waals surface area contributed by atoms with Gasteiger partial charge in [-0.15, -0.1) is 0 Å². The number of hydrogen-bond donors (Lipinski definition) is 1. The van der Waals surface area contributed by atoms with Gasteiger partial charge in [0.15, 0.2) is 11.6 Å². The molecule has 0 radical (unpaired) electrons.